The number of aromatic nitrogens is 1. The van der Waals surface area contributed by atoms with Crippen LogP contribution in [-0.2, 0) is 11.2 Å². The Balaban J connectivity index is 2.17. The SMILES string of the molecule is COc1cc2[nH]c3c(c2cc1OC)C[C@](I)(C(O)OC)N[C@H]3CC(C)C. The van der Waals surface area contributed by atoms with E-state index in [1.54, 1.807) is 14.2 Å². The molecule has 2 heterocycles. The van der Waals surface area contributed by atoms with Crippen molar-refractivity contribution in [2.45, 2.75) is 42.6 Å². The van der Waals surface area contributed by atoms with Gasteiger partial charge in [0, 0.05) is 42.2 Å². The lowest BCUT2D eigenvalue weighted by molar-refractivity contribution is -0.106. The van der Waals surface area contributed by atoms with Gasteiger partial charge >= 0.3 is 0 Å². The zero-order chi connectivity index (χ0) is 19.1. The highest BCUT2D eigenvalue weighted by Crippen LogP contribution is 2.44. The van der Waals surface area contributed by atoms with E-state index in [2.05, 4.69) is 46.7 Å². The summed E-state index contributed by atoms with van der Waals surface area (Å²) < 4.78 is 15.6. The number of rotatable bonds is 6. The molecule has 0 spiro atoms. The lowest BCUT2D eigenvalue weighted by Gasteiger charge is -2.41. The summed E-state index contributed by atoms with van der Waals surface area (Å²) in [6.45, 7) is 4.40. The van der Waals surface area contributed by atoms with E-state index in [4.69, 9.17) is 14.2 Å². The van der Waals surface area contributed by atoms with E-state index in [-0.39, 0.29) is 6.04 Å². The molecule has 0 fully saturated rings. The topological polar surface area (TPSA) is 75.7 Å². The van der Waals surface area contributed by atoms with Crippen molar-refractivity contribution in [3.05, 3.63) is 23.4 Å². The molecule has 0 aliphatic carbocycles. The smallest absolute Gasteiger partial charge is 0.182 e. The van der Waals surface area contributed by atoms with E-state index in [1.165, 1.54) is 18.4 Å². The Morgan fingerprint density at radius 2 is 1.88 bits per heavy atom. The Bertz CT molecular complexity index is 791. The number of hydrogen-bond acceptors (Lipinski definition) is 5. The molecular formula is C19H27IN2O4. The highest BCUT2D eigenvalue weighted by atomic mass is 127. The fourth-order valence-electron chi connectivity index (χ4n) is 3.75. The first-order valence-electron chi connectivity index (χ1n) is 8.76. The number of methoxy groups -OCH3 is 3. The Kier molecular flexibility index (Phi) is 5.72. The van der Waals surface area contributed by atoms with Crippen LogP contribution in [0, 0.1) is 5.92 Å². The van der Waals surface area contributed by atoms with E-state index in [9.17, 15) is 5.11 Å². The largest absolute Gasteiger partial charge is 0.493 e. The van der Waals surface area contributed by atoms with Gasteiger partial charge in [-0.05, 0) is 24.0 Å². The van der Waals surface area contributed by atoms with Gasteiger partial charge in [0.25, 0.3) is 0 Å². The van der Waals surface area contributed by atoms with Gasteiger partial charge in [0.15, 0.2) is 17.8 Å². The Hall–Kier alpha value is -1.03. The maximum atomic E-state index is 10.5. The fourth-order valence-corrected chi connectivity index (χ4v) is 4.76. The first-order valence-corrected chi connectivity index (χ1v) is 9.84. The van der Waals surface area contributed by atoms with Gasteiger partial charge in [-0.3, -0.25) is 5.32 Å². The van der Waals surface area contributed by atoms with Crippen molar-refractivity contribution in [1.29, 1.82) is 0 Å². The number of H-pyrrole nitrogens is 1. The van der Waals surface area contributed by atoms with Crippen LogP contribution in [0.25, 0.3) is 10.9 Å². The van der Waals surface area contributed by atoms with Gasteiger partial charge in [0.1, 0.15) is 3.55 Å². The van der Waals surface area contributed by atoms with Gasteiger partial charge in [-0.2, -0.15) is 0 Å². The van der Waals surface area contributed by atoms with Gasteiger partial charge in [-0.1, -0.05) is 36.4 Å². The number of ether oxygens (including phenoxy) is 3. The molecule has 3 atom stereocenters. The predicted molar refractivity (Wildman–Crippen MR) is 110 cm³/mol. The van der Waals surface area contributed by atoms with Crippen LogP contribution in [0.5, 0.6) is 11.5 Å². The average molecular weight is 474 g/mol. The molecule has 1 aromatic carbocycles. The van der Waals surface area contributed by atoms with Crippen molar-refractivity contribution in [3.8, 4) is 11.5 Å². The van der Waals surface area contributed by atoms with Crippen LogP contribution in [0.2, 0.25) is 0 Å². The van der Waals surface area contributed by atoms with Crippen LogP contribution in [0.3, 0.4) is 0 Å². The fraction of sp³-hybridized carbons (Fsp3) is 0.579. The molecule has 2 aromatic rings. The molecule has 1 aliphatic rings. The van der Waals surface area contributed by atoms with Gasteiger partial charge in [-0.15, -0.1) is 0 Å². The quantitative estimate of drug-likeness (QED) is 0.259. The normalized spacial score (nSPS) is 23.9. The molecule has 1 aliphatic heterocycles. The summed E-state index contributed by atoms with van der Waals surface area (Å²) in [7, 11) is 4.81. The van der Waals surface area contributed by atoms with Crippen LogP contribution in [0.1, 0.15) is 37.6 Å². The van der Waals surface area contributed by atoms with Crippen molar-refractivity contribution >= 4 is 33.5 Å². The predicted octanol–water partition coefficient (Wildman–Crippen LogP) is 3.51. The van der Waals surface area contributed by atoms with Crippen LogP contribution >= 0.6 is 22.6 Å². The van der Waals surface area contributed by atoms with Crippen LogP contribution in [0.15, 0.2) is 12.1 Å². The number of alkyl halides is 1. The monoisotopic (exact) mass is 474 g/mol. The summed E-state index contributed by atoms with van der Waals surface area (Å²) in [4.78, 5) is 3.57. The summed E-state index contributed by atoms with van der Waals surface area (Å²) >= 11 is 2.28. The molecule has 3 rings (SSSR count). The minimum atomic E-state index is -0.906. The third kappa shape index (κ3) is 3.42. The van der Waals surface area contributed by atoms with Crippen molar-refractivity contribution in [2.24, 2.45) is 5.92 Å². The molecule has 3 N–H and O–H groups in total. The second kappa shape index (κ2) is 7.53. The van der Waals surface area contributed by atoms with Gasteiger partial charge in [0.2, 0.25) is 0 Å². The van der Waals surface area contributed by atoms with Crippen molar-refractivity contribution in [3.63, 3.8) is 0 Å². The minimum Gasteiger partial charge on any atom is -0.493 e. The molecular weight excluding hydrogens is 447 g/mol. The highest BCUT2D eigenvalue weighted by molar-refractivity contribution is 14.1. The molecule has 144 valence electrons. The van der Waals surface area contributed by atoms with Crippen LogP contribution < -0.4 is 14.8 Å². The van der Waals surface area contributed by atoms with E-state index in [0.29, 0.717) is 23.8 Å². The van der Waals surface area contributed by atoms with Gasteiger partial charge < -0.3 is 24.3 Å². The Morgan fingerprint density at radius 1 is 1.23 bits per heavy atom. The lowest BCUT2D eigenvalue weighted by atomic mass is 9.89. The molecule has 0 saturated heterocycles. The summed E-state index contributed by atoms with van der Waals surface area (Å²) in [5.74, 6) is 1.91. The van der Waals surface area contributed by atoms with E-state index in [0.717, 1.165) is 17.3 Å². The van der Waals surface area contributed by atoms with Crippen molar-refractivity contribution in [2.75, 3.05) is 21.3 Å². The zero-order valence-corrected chi connectivity index (χ0v) is 18.0. The number of halogens is 1. The van der Waals surface area contributed by atoms with Crippen molar-refractivity contribution in [1.82, 2.24) is 10.3 Å². The molecule has 1 unspecified atom stereocenters. The standard InChI is InChI=1S/C19H27IN2O4/c1-10(2)6-14-17-12(9-19(20,22-14)18(23)26-5)11-7-15(24-3)16(25-4)8-13(11)21-17/h7-8,10,14,18,21-23H,6,9H2,1-5H3/t14-,18?,19+/m0/s1. The van der Waals surface area contributed by atoms with E-state index >= 15 is 0 Å². The second-order valence-electron chi connectivity index (χ2n) is 7.22. The van der Waals surface area contributed by atoms with E-state index in [1.807, 2.05) is 12.1 Å². The molecule has 6 nitrogen and oxygen atoms in total. The molecule has 0 saturated carbocycles. The van der Waals surface area contributed by atoms with Gasteiger partial charge in [-0.25, -0.2) is 0 Å². The Labute approximate surface area is 167 Å². The third-order valence-corrected chi connectivity index (χ3v) is 6.19. The maximum Gasteiger partial charge on any atom is 0.182 e. The van der Waals surface area contributed by atoms with E-state index < -0.39 is 9.84 Å². The van der Waals surface area contributed by atoms with Crippen LogP contribution in [-0.4, -0.2) is 41.3 Å². The minimum absolute atomic E-state index is 0.102. The number of aliphatic hydroxyl groups is 1. The summed E-state index contributed by atoms with van der Waals surface area (Å²) in [5, 5.41) is 15.2. The van der Waals surface area contributed by atoms with Gasteiger partial charge in [0.05, 0.1) is 14.2 Å². The molecule has 0 radical (unpaired) electrons. The van der Waals surface area contributed by atoms with Crippen molar-refractivity contribution < 1.29 is 19.3 Å². The molecule has 1 aromatic heterocycles. The number of benzene rings is 1. The molecule has 26 heavy (non-hydrogen) atoms. The third-order valence-electron chi connectivity index (χ3n) is 4.96. The molecule has 0 amide bonds. The summed E-state index contributed by atoms with van der Waals surface area (Å²) in [5.41, 5.74) is 3.37. The molecule has 0 bridgehead atoms. The number of nitrogens with one attached hydrogen (secondary N) is 2. The van der Waals surface area contributed by atoms with Crippen LogP contribution in [0.4, 0.5) is 0 Å². The zero-order valence-electron chi connectivity index (χ0n) is 15.9. The number of hydrogen-bond donors (Lipinski definition) is 3. The Morgan fingerprint density at radius 3 is 2.46 bits per heavy atom. The first kappa shape index (κ1) is 19.7. The number of aliphatic hydroxyl groups excluding tert-OH is 1. The summed E-state index contributed by atoms with van der Waals surface area (Å²) in [6.07, 6.45) is 0.688. The first-order chi connectivity index (χ1) is 12.3. The molecule has 7 heteroatoms. The number of fused-ring (bicyclic) bond motifs is 3. The number of aromatic amines is 1. The highest BCUT2D eigenvalue weighted by Gasteiger charge is 2.44. The average Bonchev–Trinajstić information content (AvgIpc) is 2.96. The summed E-state index contributed by atoms with van der Waals surface area (Å²) in [6, 6.07) is 4.09. The lowest BCUT2D eigenvalue weighted by Crippen LogP contribution is -2.55. The maximum absolute atomic E-state index is 10.5. The second-order valence-corrected chi connectivity index (χ2v) is 9.15.